The molecule has 10 atom stereocenters. The third kappa shape index (κ3) is 3.14. The minimum absolute atomic E-state index is 0.116. The van der Waals surface area contributed by atoms with Crippen LogP contribution >= 0.6 is 0 Å². The van der Waals surface area contributed by atoms with Crippen molar-refractivity contribution >= 4 is 0 Å². The van der Waals surface area contributed by atoms with E-state index in [0.717, 1.165) is 18.3 Å². The second-order valence-corrected chi connectivity index (χ2v) is 13.0. The van der Waals surface area contributed by atoms with Gasteiger partial charge in [0.15, 0.2) is 0 Å². The predicted octanol–water partition coefficient (Wildman–Crippen LogP) is 3.90. The molecule has 176 valence electrons. The van der Waals surface area contributed by atoms with Crippen molar-refractivity contribution in [3.05, 3.63) is 0 Å². The maximum Gasteiger partial charge on any atom is 0.0751 e. The van der Waals surface area contributed by atoms with Gasteiger partial charge in [-0.1, -0.05) is 13.8 Å². The summed E-state index contributed by atoms with van der Waals surface area (Å²) in [6.45, 7) is 9.86. The van der Waals surface area contributed by atoms with Crippen molar-refractivity contribution in [3.8, 4) is 0 Å². The van der Waals surface area contributed by atoms with Gasteiger partial charge in [-0.05, 0) is 131 Å². The van der Waals surface area contributed by atoms with Crippen molar-refractivity contribution in [2.45, 2.75) is 109 Å². The van der Waals surface area contributed by atoms with Gasteiger partial charge in [-0.3, -0.25) is 9.80 Å². The van der Waals surface area contributed by atoms with E-state index in [1.807, 2.05) is 0 Å². The van der Waals surface area contributed by atoms with E-state index in [2.05, 4.69) is 23.6 Å². The second-order valence-electron chi connectivity index (χ2n) is 13.0. The van der Waals surface area contributed by atoms with Gasteiger partial charge in [0.05, 0.1) is 12.2 Å². The fraction of sp³-hybridized carbons (Fsp3) is 1.00. The molecule has 6 aliphatic rings. The average molecular weight is 431 g/mol. The Hall–Kier alpha value is -0.160. The van der Waals surface area contributed by atoms with Gasteiger partial charge in [-0.25, -0.2) is 0 Å². The molecule has 4 heteroatoms. The molecule has 2 heterocycles. The van der Waals surface area contributed by atoms with Crippen molar-refractivity contribution in [1.82, 2.24) is 9.80 Å². The molecule has 6 fully saturated rings. The summed E-state index contributed by atoms with van der Waals surface area (Å²) in [6.07, 6.45) is 13.6. The Bertz CT molecular complexity index is 674. The van der Waals surface area contributed by atoms with E-state index >= 15 is 0 Å². The maximum atomic E-state index is 11.5. The highest BCUT2D eigenvalue weighted by atomic mass is 16.3. The molecule has 0 aromatic rings. The van der Waals surface area contributed by atoms with Gasteiger partial charge in [-0.15, -0.1) is 0 Å². The van der Waals surface area contributed by atoms with Crippen molar-refractivity contribution in [2.75, 3.05) is 26.2 Å². The number of rotatable bonds is 2. The zero-order valence-corrected chi connectivity index (χ0v) is 20.0. The van der Waals surface area contributed by atoms with Crippen molar-refractivity contribution in [3.63, 3.8) is 0 Å². The van der Waals surface area contributed by atoms with Gasteiger partial charge in [0, 0.05) is 12.1 Å². The first-order valence-corrected chi connectivity index (χ1v) is 13.8. The number of aliphatic hydroxyl groups excluding tert-OH is 2. The summed E-state index contributed by atoms with van der Waals surface area (Å²) >= 11 is 0. The van der Waals surface area contributed by atoms with E-state index < -0.39 is 0 Å². The van der Waals surface area contributed by atoms with Crippen LogP contribution < -0.4 is 0 Å². The largest absolute Gasteiger partial charge is 0.391 e. The van der Waals surface area contributed by atoms with E-state index in [-0.39, 0.29) is 17.6 Å². The summed E-state index contributed by atoms with van der Waals surface area (Å²) in [5.41, 5.74) is 0.508. The molecule has 4 aliphatic carbocycles. The van der Waals surface area contributed by atoms with E-state index in [9.17, 15) is 10.2 Å². The van der Waals surface area contributed by atoms with Crippen LogP contribution in [0.2, 0.25) is 0 Å². The highest BCUT2D eigenvalue weighted by molar-refractivity contribution is 5.14. The third-order valence-corrected chi connectivity index (χ3v) is 11.9. The van der Waals surface area contributed by atoms with Crippen LogP contribution in [0.4, 0.5) is 0 Å². The van der Waals surface area contributed by atoms with Gasteiger partial charge in [0.25, 0.3) is 0 Å². The van der Waals surface area contributed by atoms with E-state index in [0.29, 0.717) is 29.3 Å². The Kier molecular flexibility index (Phi) is 5.30. The molecular formula is C27H46N2O2. The molecule has 0 unspecified atom stereocenters. The fourth-order valence-electron chi connectivity index (χ4n) is 10.1. The van der Waals surface area contributed by atoms with E-state index in [1.54, 1.807) is 0 Å². The zero-order chi connectivity index (χ0) is 21.4. The van der Waals surface area contributed by atoms with Crippen LogP contribution in [0.1, 0.15) is 84.5 Å². The van der Waals surface area contributed by atoms with Crippen LogP contribution in [0, 0.1) is 34.5 Å². The fourth-order valence-corrected chi connectivity index (χ4v) is 10.1. The minimum atomic E-state index is -0.132. The Balaban J connectivity index is 1.26. The highest BCUT2D eigenvalue weighted by Gasteiger charge is 2.63. The summed E-state index contributed by atoms with van der Waals surface area (Å²) in [5, 5.41) is 22.6. The standard InChI is InChI=1S/C27H46N2O2/c1-26-10-9-20-19(21(26)16-22(25(26)31)28-11-3-4-12-28)8-7-18-15-24(30)23(17-27(18,20)2)29-13-5-6-14-29/h18-25,30-31H,3-17H2,1-2H3/t18-,19+,20-,21-,22-,23-,24-,25-,26-,27-/m0/s1. The summed E-state index contributed by atoms with van der Waals surface area (Å²) < 4.78 is 0. The summed E-state index contributed by atoms with van der Waals surface area (Å²) in [4.78, 5) is 5.27. The molecule has 2 saturated heterocycles. The number of nitrogens with zero attached hydrogens (tertiary/aromatic N) is 2. The predicted molar refractivity (Wildman–Crippen MR) is 124 cm³/mol. The molecule has 0 amide bonds. The van der Waals surface area contributed by atoms with Gasteiger partial charge in [-0.2, -0.15) is 0 Å². The Labute approximate surface area is 189 Å². The van der Waals surface area contributed by atoms with Crippen LogP contribution in [-0.2, 0) is 0 Å². The third-order valence-electron chi connectivity index (χ3n) is 11.9. The molecule has 0 aromatic carbocycles. The van der Waals surface area contributed by atoms with Gasteiger partial charge in [0.1, 0.15) is 0 Å². The molecule has 0 spiro atoms. The topological polar surface area (TPSA) is 46.9 Å². The molecule has 0 radical (unpaired) electrons. The van der Waals surface area contributed by atoms with Crippen molar-refractivity contribution in [1.29, 1.82) is 0 Å². The average Bonchev–Trinajstić information content (AvgIpc) is 3.50. The SMILES string of the molecule is C[C@]12C[C@H](N3CCCC3)[C@@H](O)C[C@@H]1CC[C@@H]1[C@@H]2CC[C@]2(C)[C@@H](O)[C@@H](N3CCCC3)C[C@@H]12. The lowest BCUT2D eigenvalue weighted by molar-refractivity contribution is -0.152. The van der Waals surface area contributed by atoms with Crippen LogP contribution in [0.5, 0.6) is 0 Å². The van der Waals surface area contributed by atoms with Crippen molar-refractivity contribution < 1.29 is 10.2 Å². The summed E-state index contributed by atoms with van der Waals surface area (Å²) in [6, 6.07) is 0.801. The molecule has 0 aromatic heterocycles. The Morgan fingerprint density at radius 3 is 2.03 bits per heavy atom. The molecule has 4 nitrogen and oxygen atoms in total. The Morgan fingerprint density at radius 2 is 1.35 bits per heavy atom. The lowest BCUT2D eigenvalue weighted by Crippen LogP contribution is -2.59. The maximum absolute atomic E-state index is 11.5. The smallest absolute Gasteiger partial charge is 0.0751 e. The Morgan fingerprint density at radius 1 is 0.710 bits per heavy atom. The summed E-state index contributed by atoms with van der Waals surface area (Å²) in [7, 11) is 0. The van der Waals surface area contributed by atoms with Crippen molar-refractivity contribution in [2.24, 2.45) is 34.5 Å². The van der Waals surface area contributed by atoms with Gasteiger partial charge in [0.2, 0.25) is 0 Å². The number of hydrogen-bond acceptors (Lipinski definition) is 4. The first-order chi connectivity index (χ1) is 14.9. The first kappa shape index (κ1) is 21.4. The van der Waals surface area contributed by atoms with Crippen LogP contribution in [0.25, 0.3) is 0 Å². The van der Waals surface area contributed by atoms with Gasteiger partial charge < -0.3 is 10.2 Å². The molecular weight excluding hydrogens is 384 g/mol. The number of hydrogen-bond donors (Lipinski definition) is 2. The van der Waals surface area contributed by atoms with E-state index in [4.69, 9.17) is 0 Å². The number of aliphatic hydroxyl groups is 2. The second kappa shape index (κ2) is 7.68. The molecule has 2 N–H and O–H groups in total. The zero-order valence-electron chi connectivity index (χ0n) is 20.0. The normalized spacial score (nSPS) is 55.7. The monoisotopic (exact) mass is 430 g/mol. The molecule has 31 heavy (non-hydrogen) atoms. The first-order valence-electron chi connectivity index (χ1n) is 13.8. The molecule has 0 bridgehead atoms. The minimum Gasteiger partial charge on any atom is -0.391 e. The lowest BCUT2D eigenvalue weighted by Gasteiger charge is -2.62. The van der Waals surface area contributed by atoms with E-state index in [1.165, 1.54) is 90.4 Å². The van der Waals surface area contributed by atoms with Gasteiger partial charge >= 0.3 is 0 Å². The van der Waals surface area contributed by atoms with Crippen LogP contribution in [0.3, 0.4) is 0 Å². The molecule has 4 saturated carbocycles. The lowest BCUT2D eigenvalue weighted by atomic mass is 9.44. The highest BCUT2D eigenvalue weighted by Crippen LogP contribution is 2.66. The quantitative estimate of drug-likeness (QED) is 0.698. The van der Waals surface area contributed by atoms with Crippen LogP contribution in [0.15, 0.2) is 0 Å². The number of fused-ring (bicyclic) bond motifs is 5. The molecule has 6 rings (SSSR count). The summed E-state index contributed by atoms with van der Waals surface area (Å²) in [5.74, 6) is 2.98. The number of likely N-dealkylation sites (tertiary alicyclic amines) is 2. The molecule has 2 aliphatic heterocycles. The van der Waals surface area contributed by atoms with Crippen LogP contribution in [-0.4, -0.2) is 70.5 Å².